The highest BCUT2D eigenvalue weighted by molar-refractivity contribution is 7.98. The first-order valence-electron chi connectivity index (χ1n) is 4.80. The van der Waals surface area contributed by atoms with Crippen molar-refractivity contribution < 1.29 is 9.90 Å². The quantitative estimate of drug-likeness (QED) is 0.805. The molecule has 0 saturated carbocycles. The lowest BCUT2D eigenvalue weighted by atomic mass is 10.3. The zero-order valence-corrected chi connectivity index (χ0v) is 11.1. The first-order valence-corrected chi connectivity index (χ1v) is 6.40. The molecule has 1 aromatic heterocycles. The molecule has 1 unspecified atom stereocenters. The van der Waals surface area contributed by atoms with Gasteiger partial charge in [-0.3, -0.25) is 4.79 Å². The predicted molar refractivity (Wildman–Crippen MR) is 64.8 cm³/mol. The van der Waals surface area contributed by atoms with E-state index in [1.54, 1.807) is 18.7 Å². The number of aryl methyl sites for hydroxylation is 1. The van der Waals surface area contributed by atoms with Gasteiger partial charge < -0.3 is 5.11 Å². The number of hydrogen-bond acceptors (Lipinski definition) is 5. The van der Waals surface area contributed by atoms with E-state index in [0.29, 0.717) is 10.7 Å². The lowest BCUT2D eigenvalue weighted by molar-refractivity contribution is -0.115. The average molecular weight is 275 g/mol. The smallest absolute Gasteiger partial charge is 0.260 e. The molecule has 6 nitrogen and oxygen atoms in total. The molecule has 1 aromatic rings. The number of rotatable bonds is 2. The molecule has 2 rings (SSSR count). The Morgan fingerprint density at radius 3 is 2.59 bits per heavy atom. The highest BCUT2D eigenvalue weighted by Gasteiger charge is 2.38. The summed E-state index contributed by atoms with van der Waals surface area (Å²) in [6.45, 7) is 1.56. The molecule has 0 fully saturated rings. The normalized spacial score (nSPS) is 20.6. The minimum Gasteiger partial charge on any atom is -0.368 e. The van der Waals surface area contributed by atoms with Gasteiger partial charge in [-0.15, -0.1) is 5.10 Å². The van der Waals surface area contributed by atoms with Crippen LogP contribution in [0.1, 0.15) is 6.92 Å². The number of nitrogens with zero attached hydrogens (tertiary/aromatic N) is 4. The Labute approximate surface area is 107 Å². The van der Waals surface area contributed by atoms with E-state index in [9.17, 15) is 9.90 Å². The van der Waals surface area contributed by atoms with Gasteiger partial charge in [0.2, 0.25) is 0 Å². The summed E-state index contributed by atoms with van der Waals surface area (Å²) in [5, 5.41) is 14.7. The van der Waals surface area contributed by atoms with E-state index >= 15 is 0 Å². The minimum atomic E-state index is -1.19. The number of halogens is 1. The van der Waals surface area contributed by atoms with E-state index in [2.05, 4.69) is 10.1 Å². The van der Waals surface area contributed by atoms with Gasteiger partial charge >= 0.3 is 0 Å². The van der Waals surface area contributed by atoms with E-state index < -0.39 is 6.23 Å². The summed E-state index contributed by atoms with van der Waals surface area (Å²) >= 11 is 7.23. The summed E-state index contributed by atoms with van der Waals surface area (Å²) in [6, 6.07) is 0. The lowest BCUT2D eigenvalue weighted by Crippen LogP contribution is -2.35. The highest BCUT2D eigenvalue weighted by atomic mass is 35.5. The molecule has 8 heteroatoms. The van der Waals surface area contributed by atoms with Crippen LogP contribution in [0, 0.1) is 0 Å². The molecule has 0 saturated heterocycles. The molecule has 0 radical (unpaired) electrons. The number of carbonyl (C=O) groups is 1. The Kier molecular flexibility index (Phi) is 3.15. The van der Waals surface area contributed by atoms with Crippen molar-refractivity contribution in [2.24, 2.45) is 7.05 Å². The second-order valence-electron chi connectivity index (χ2n) is 3.54. The third-order valence-electron chi connectivity index (χ3n) is 2.48. The number of anilines is 1. The van der Waals surface area contributed by atoms with Crippen molar-refractivity contribution >= 4 is 35.2 Å². The fourth-order valence-corrected chi connectivity index (χ4v) is 2.19. The van der Waals surface area contributed by atoms with Gasteiger partial charge in [0, 0.05) is 12.6 Å². The zero-order valence-electron chi connectivity index (χ0n) is 9.51. The van der Waals surface area contributed by atoms with Crippen LogP contribution in [0.25, 0.3) is 0 Å². The number of aliphatic hydroxyl groups is 1. The molecule has 1 atom stereocenters. The fraction of sp³-hybridized carbons (Fsp3) is 0.444. The van der Waals surface area contributed by atoms with Gasteiger partial charge in [-0.25, -0.2) is 9.58 Å². The predicted octanol–water partition coefficient (Wildman–Crippen LogP) is 0.715. The summed E-state index contributed by atoms with van der Waals surface area (Å²) in [5.41, 5.74) is 0.317. The molecule has 0 aromatic carbocycles. The molecular weight excluding hydrogens is 264 g/mol. The monoisotopic (exact) mass is 274 g/mol. The number of aromatic nitrogens is 3. The summed E-state index contributed by atoms with van der Waals surface area (Å²) in [5.74, 6) is -0.217. The van der Waals surface area contributed by atoms with E-state index in [1.165, 1.54) is 11.8 Å². The van der Waals surface area contributed by atoms with Crippen LogP contribution in [0.2, 0.25) is 0 Å². The molecule has 92 valence electrons. The van der Waals surface area contributed by atoms with Crippen LogP contribution in [0.3, 0.4) is 0 Å². The molecule has 0 spiro atoms. The van der Waals surface area contributed by atoms with Crippen molar-refractivity contribution in [2.75, 3.05) is 11.2 Å². The van der Waals surface area contributed by atoms with Crippen molar-refractivity contribution in [3.05, 3.63) is 10.6 Å². The molecular formula is C9H11ClN4O2S. The van der Waals surface area contributed by atoms with Gasteiger partial charge in [0.1, 0.15) is 0 Å². The van der Waals surface area contributed by atoms with Crippen molar-refractivity contribution in [2.45, 2.75) is 18.3 Å². The van der Waals surface area contributed by atoms with Crippen LogP contribution in [0.4, 0.5) is 5.95 Å². The van der Waals surface area contributed by atoms with E-state index in [4.69, 9.17) is 11.6 Å². The number of hydrogen-bond donors (Lipinski definition) is 1. The summed E-state index contributed by atoms with van der Waals surface area (Å²) < 4.78 is 1.54. The second-order valence-corrected chi connectivity index (χ2v) is 4.72. The first-order chi connectivity index (χ1) is 7.97. The van der Waals surface area contributed by atoms with Crippen molar-refractivity contribution in [1.82, 2.24) is 14.8 Å². The molecule has 2 heterocycles. The molecule has 1 aliphatic heterocycles. The van der Waals surface area contributed by atoms with E-state index in [0.717, 1.165) is 4.90 Å². The average Bonchev–Trinajstić information content (AvgIpc) is 2.75. The maximum atomic E-state index is 11.9. The van der Waals surface area contributed by atoms with Gasteiger partial charge in [-0.1, -0.05) is 23.4 Å². The molecule has 17 heavy (non-hydrogen) atoms. The first kappa shape index (κ1) is 12.4. The maximum absolute atomic E-state index is 11.9. The van der Waals surface area contributed by atoms with Crippen LogP contribution in [-0.2, 0) is 11.8 Å². The minimum absolute atomic E-state index is 0.119. The van der Waals surface area contributed by atoms with Gasteiger partial charge in [-0.05, 0) is 13.2 Å². The van der Waals surface area contributed by atoms with Crippen LogP contribution < -0.4 is 4.90 Å². The summed E-state index contributed by atoms with van der Waals surface area (Å²) in [7, 11) is 1.72. The SMILES string of the molecule is CSc1nc(N2C(=O)C(C)=C(Cl)C2O)nn1C. The largest absolute Gasteiger partial charge is 0.368 e. The molecule has 1 amide bonds. The number of carbonyl (C=O) groups excluding carboxylic acids is 1. The lowest BCUT2D eigenvalue weighted by Gasteiger charge is -2.16. The molecule has 0 aliphatic carbocycles. The van der Waals surface area contributed by atoms with Crippen molar-refractivity contribution in [3.63, 3.8) is 0 Å². The van der Waals surface area contributed by atoms with Crippen LogP contribution in [-0.4, -0.2) is 38.3 Å². The number of aliphatic hydroxyl groups excluding tert-OH is 1. The van der Waals surface area contributed by atoms with Gasteiger partial charge in [0.25, 0.3) is 11.9 Å². The van der Waals surface area contributed by atoms with Crippen LogP contribution in [0.5, 0.6) is 0 Å². The zero-order chi connectivity index (χ0) is 12.7. The van der Waals surface area contributed by atoms with Gasteiger partial charge in [-0.2, -0.15) is 4.98 Å². The number of amides is 1. The molecule has 1 N–H and O–H groups in total. The topological polar surface area (TPSA) is 71.2 Å². The van der Waals surface area contributed by atoms with Crippen molar-refractivity contribution in [3.8, 4) is 0 Å². The molecule has 1 aliphatic rings. The third-order valence-corrected chi connectivity index (χ3v) is 3.68. The third kappa shape index (κ3) is 1.84. The Morgan fingerprint density at radius 1 is 1.53 bits per heavy atom. The standard InChI is InChI=1S/C9H11ClN4O2S/c1-4-5(10)7(16)14(6(4)15)8-11-9(17-3)13(2)12-8/h7,16H,1-3H3. The Morgan fingerprint density at radius 2 is 2.18 bits per heavy atom. The highest BCUT2D eigenvalue weighted by Crippen LogP contribution is 2.30. The van der Waals surface area contributed by atoms with Gasteiger partial charge in [0.15, 0.2) is 11.4 Å². The maximum Gasteiger partial charge on any atom is 0.260 e. The van der Waals surface area contributed by atoms with Crippen LogP contribution >= 0.6 is 23.4 Å². The summed E-state index contributed by atoms with van der Waals surface area (Å²) in [4.78, 5) is 17.1. The molecule has 0 bridgehead atoms. The van der Waals surface area contributed by atoms with Crippen LogP contribution in [0.15, 0.2) is 15.8 Å². The number of thioether (sulfide) groups is 1. The Bertz CT molecular complexity index is 513. The van der Waals surface area contributed by atoms with Crippen molar-refractivity contribution in [1.29, 1.82) is 0 Å². The Hall–Kier alpha value is -1.05. The second kappa shape index (κ2) is 4.32. The summed E-state index contributed by atoms with van der Waals surface area (Å²) in [6.07, 6.45) is 0.660. The van der Waals surface area contributed by atoms with E-state index in [1.807, 2.05) is 6.26 Å². The van der Waals surface area contributed by atoms with E-state index in [-0.39, 0.29) is 16.9 Å². The van der Waals surface area contributed by atoms with Gasteiger partial charge in [0.05, 0.1) is 5.03 Å². The fourth-order valence-electron chi connectivity index (χ4n) is 1.54. The Balaban J connectivity index is 2.39.